The van der Waals surface area contributed by atoms with Crippen LogP contribution in [0.1, 0.15) is 25.3 Å². The molecule has 2 aromatic carbocycles. The minimum absolute atomic E-state index is 0.0562. The van der Waals surface area contributed by atoms with E-state index in [0.717, 1.165) is 11.3 Å². The van der Waals surface area contributed by atoms with Gasteiger partial charge in [-0.1, -0.05) is 44.2 Å². The smallest absolute Gasteiger partial charge is 0.238 e. The standard InChI is InChI=1S/C19H22N2O3S/c1-19(2)16(13-9-11-15(12-10-13)25(20,23)24)17(19)18(22)21(3)14-7-5-4-6-8-14/h4-12,16-17H,1-3H3,(H2,20,23,24). The summed E-state index contributed by atoms with van der Waals surface area (Å²) in [5.74, 6) is -0.0181. The molecule has 1 aliphatic carbocycles. The molecule has 2 unspecified atom stereocenters. The number of sulfonamides is 1. The lowest BCUT2D eigenvalue weighted by molar-refractivity contribution is -0.120. The monoisotopic (exact) mass is 358 g/mol. The number of hydrogen-bond acceptors (Lipinski definition) is 3. The first-order valence-corrected chi connectivity index (χ1v) is 9.64. The first kappa shape index (κ1) is 17.6. The minimum atomic E-state index is -3.71. The number of rotatable bonds is 4. The zero-order chi connectivity index (χ0) is 18.4. The molecule has 2 atom stereocenters. The van der Waals surface area contributed by atoms with Crippen molar-refractivity contribution in [1.29, 1.82) is 0 Å². The summed E-state index contributed by atoms with van der Waals surface area (Å²) in [6.45, 7) is 4.12. The summed E-state index contributed by atoms with van der Waals surface area (Å²) in [5, 5.41) is 5.14. The lowest BCUT2D eigenvalue weighted by Gasteiger charge is -2.18. The minimum Gasteiger partial charge on any atom is -0.315 e. The lowest BCUT2D eigenvalue weighted by Crippen LogP contribution is -2.29. The molecule has 1 fully saturated rings. The predicted molar refractivity (Wildman–Crippen MR) is 97.7 cm³/mol. The van der Waals surface area contributed by atoms with Crippen LogP contribution in [0.4, 0.5) is 5.69 Å². The van der Waals surface area contributed by atoms with Crippen LogP contribution in [-0.2, 0) is 14.8 Å². The molecule has 5 nitrogen and oxygen atoms in total. The summed E-state index contributed by atoms with van der Waals surface area (Å²) in [6, 6.07) is 16.0. The van der Waals surface area contributed by atoms with Crippen molar-refractivity contribution in [3.63, 3.8) is 0 Å². The Labute approximate surface area is 148 Å². The molecule has 1 aliphatic rings. The summed E-state index contributed by atoms with van der Waals surface area (Å²) in [4.78, 5) is 14.7. The molecule has 0 radical (unpaired) electrons. The highest BCUT2D eigenvalue weighted by atomic mass is 32.2. The fraction of sp³-hybridized carbons (Fsp3) is 0.316. The predicted octanol–water partition coefficient (Wildman–Crippen LogP) is 2.74. The van der Waals surface area contributed by atoms with E-state index in [1.807, 2.05) is 30.3 Å². The highest BCUT2D eigenvalue weighted by Gasteiger charge is 2.62. The van der Waals surface area contributed by atoms with Crippen molar-refractivity contribution < 1.29 is 13.2 Å². The van der Waals surface area contributed by atoms with Gasteiger partial charge in [0.05, 0.1) is 10.8 Å². The maximum Gasteiger partial charge on any atom is 0.238 e. The Morgan fingerprint density at radius 1 is 1.04 bits per heavy atom. The van der Waals surface area contributed by atoms with Crippen LogP contribution in [0.5, 0.6) is 0 Å². The number of nitrogens with zero attached hydrogens (tertiary/aromatic N) is 1. The summed E-state index contributed by atoms with van der Waals surface area (Å²) < 4.78 is 22.8. The molecule has 1 amide bonds. The molecule has 3 rings (SSSR count). The van der Waals surface area contributed by atoms with E-state index < -0.39 is 10.0 Å². The average Bonchev–Trinajstić information content (AvgIpc) is 3.15. The van der Waals surface area contributed by atoms with E-state index in [4.69, 9.17) is 5.14 Å². The highest BCUT2D eigenvalue weighted by Crippen LogP contribution is 2.65. The molecule has 6 heteroatoms. The molecule has 25 heavy (non-hydrogen) atoms. The van der Waals surface area contributed by atoms with Crippen LogP contribution in [0.25, 0.3) is 0 Å². The van der Waals surface area contributed by atoms with Gasteiger partial charge in [-0.25, -0.2) is 13.6 Å². The number of primary sulfonamides is 1. The van der Waals surface area contributed by atoms with Crippen LogP contribution >= 0.6 is 0 Å². The van der Waals surface area contributed by atoms with E-state index in [2.05, 4.69) is 13.8 Å². The van der Waals surface area contributed by atoms with Gasteiger partial charge >= 0.3 is 0 Å². The normalized spacial score (nSPS) is 21.6. The third-order valence-corrected chi connectivity index (χ3v) is 6.06. The number of carbonyl (C=O) groups is 1. The number of hydrogen-bond donors (Lipinski definition) is 1. The zero-order valence-electron chi connectivity index (χ0n) is 14.5. The SMILES string of the molecule is CN(C(=O)C1C(c2ccc(S(N)(=O)=O)cc2)C1(C)C)c1ccccc1. The van der Waals surface area contributed by atoms with Crippen molar-refractivity contribution in [3.8, 4) is 0 Å². The number of nitrogens with two attached hydrogens (primary N) is 1. The second kappa shape index (κ2) is 5.97. The molecule has 2 aromatic rings. The van der Waals surface area contributed by atoms with Gasteiger partial charge in [0.1, 0.15) is 0 Å². The number of carbonyl (C=O) groups excluding carboxylic acids is 1. The topological polar surface area (TPSA) is 80.5 Å². The van der Waals surface area contributed by atoms with Crippen molar-refractivity contribution >= 4 is 21.6 Å². The van der Waals surface area contributed by atoms with Crippen molar-refractivity contribution in [2.45, 2.75) is 24.7 Å². The van der Waals surface area contributed by atoms with Gasteiger partial charge in [0, 0.05) is 18.7 Å². The summed E-state index contributed by atoms with van der Waals surface area (Å²) in [5.41, 5.74) is 1.64. The van der Waals surface area contributed by atoms with Crippen molar-refractivity contribution in [2.75, 3.05) is 11.9 Å². The molecular weight excluding hydrogens is 336 g/mol. The number of amides is 1. The Morgan fingerprint density at radius 3 is 2.12 bits per heavy atom. The van der Waals surface area contributed by atoms with Crippen LogP contribution in [-0.4, -0.2) is 21.4 Å². The highest BCUT2D eigenvalue weighted by molar-refractivity contribution is 7.89. The number of para-hydroxylation sites is 1. The molecule has 0 aromatic heterocycles. The Balaban J connectivity index is 1.83. The molecule has 1 saturated carbocycles. The van der Waals surface area contributed by atoms with Crippen molar-refractivity contribution in [1.82, 2.24) is 0 Å². The average molecular weight is 358 g/mol. The maximum atomic E-state index is 12.9. The Morgan fingerprint density at radius 2 is 1.60 bits per heavy atom. The van der Waals surface area contributed by atoms with Gasteiger partial charge in [-0.3, -0.25) is 4.79 Å². The molecule has 2 N–H and O–H groups in total. The van der Waals surface area contributed by atoms with Gasteiger partial charge in [0.2, 0.25) is 15.9 Å². The Kier molecular flexibility index (Phi) is 4.21. The third-order valence-electron chi connectivity index (χ3n) is 5.14. The fourth-order valence-corrected chi connectivity index (χ4v) is 4.09. The molecule has 0 heterocycles. The maximum absolute atomic E-state index is 12.9. The Bertz CT molecular complexity index is 890. The summed E-state index contributed by atoms with van der Waals surface area (Å²) in [7, 11) is -1.92. The van der Waals surface area contributed by atoms with E-state index in [0.29, 0.717) is 0 Å². The van der Waals surface area contributed by atoms with Gasteiger partial charge in [-0.05, 0) is 35.2 Å². The quantitative estimate of drug-likeness (QED) is 0.912. The molecule has 0 bridgehead atoms. The third kappa shape index (κ3) is 3.19. The van der Waals surface area contributed by atoms with Crippen LogP contribution < -0.4 is 10.0 Å². The number of anilines is 1. The molecular formula is C19H22N2O3S. The number of benzene rings is 2. The Hall–Kier alpha value is -2.18. The van der Waals surface area contributed by atoms with E-state index in [9.17, 15) is 13.2 Å². The first-order chi connectivity index (χ1) is 11.6. The van der Waals surface area contributed by atoms with Crippen LogP contribution in [0, 0.1) is 11.3 Å². The molecule has 0 saturated heterocycles. The van der Waals surface area contributed by atoms with E-state index >= 15 is 0 Å². The van der Waals surface area contributed by atoms with Crippen molar-refractivity contribution in [3.05, 3.63) is 60.2 Å². The van der Waals surface area contributed by atoms with Crippen LogP contribution in [0.15, 0.2) is 59.5 Å². The van der Waals surface area contributed by atoms with E-state index in [-0.39, 0.29) is 28.1 Å². The van der Waals surface area contributed by atoms with Crippen LogP contribution in [0.2, 0.25) is 0 Å². The van der Waals surface area contributed by atoms with E-state index in [1.54, 1.807) is 24.1 Å². The first-order valence-electron chi connectivity index (χ1n) is 8.09. The fourth-order valence-electron chi connectivity index (χ4n) is 3.57. The second-order valence-electron chi connectivity index (χ2n) is 7.12. The lowest BCUT2D eigenvalue weighted by atomic mass is 10.0. The van der Waals surface area contributed by atoms with Gasteiger partial charge in [0.15, 0.2) is 0 Å². The van der Waals surface area contributed by atoms with Gasteiger partial charge in [0.25, 0.3) is 0 Å². The molecule has 0 aliphatic heterocycles. The van der Waals surface area contributed by atoms with Crippen molar-refractivity contribution in [2.24, 2.45) is 16.5 Å². The molecule has 0 spiro atoms. The van der Waals surface area contributed by atoms with Gasteiger partial charge in [-0.15, -0.1) is 0 Å². The summed E-state index contributed by atoms with van der Waals surface area (Å²) >= 11 is 0. The largest absolute Gasteiger partial charge is 0.315 e. The molecule has 132 valence electrons. The second-order valence-corrected chi connectivity index (χ2v) is 8.68. The summed E-state index contributed by atoms with van der Waals surface area (Å²) in [6.07, 6.45) is 0. The van der Waals surface area contributed by atoms with Gasteiger partial charge < -0.3 is 4.90 Å². The van der Waals surface area contributed by atoms with E-state index in [1.165, 1.54) is 12.1 Å². The van der Waals surface area contributed by atoms with Crippen LogP contribution in [0.3, 0.4) is 0 Å². The van der Waals surface area contributed by atoms with Gasteiger partial charge in [-0.2, -0.15) is 0 Å². The zero-order valence-corrected chi connectivity index (χ0v) is 15.3.